The van der Waals surface area contributed by atoms with Crippen LogP contribution in [0.5, 0.6) is 11.5 Å². The smallest absolute Gasteiger partial charge is 0.259 e. The Kier molecular flexibility index (Phi) is 6.15. The molecular formula is C14H22N2O3. The second-order valence-electron chi connectivity index (χ2n) is 4.19. The number of methoxy groups -OCH3 is 2. The summed E-state index contributed by atoms with van der Waals surface area (Å²) in [6.45, 7) is 2.56. The third-order valence-corrected chi connectivity index (χ3v) is 3.00. The van der Waals surface area contributed by atoms with E-state index in [1.165, 1.54) is 14.2 Å². The number of nitrogens with one attached hydrogen (secondary N) is 1. The Morgan fingerprint density at radius 2 is 1.89 bits per heavy atom. The monoisotopic (exact) mass is 266 g/mol. The molecule has 0 spiro atoms. The first-order chi connectivity index (χ1) is 9.17. The van der Waals surface area contributed by atoms with Gasteiger partial charge in [-0.25, -0.2) is 0 Å². The maximum Gasteiger partial charge on any atom is 0.259 e. The SMILES string of the molecule is CCC(CCN)NC(=O)c1c(OC)cccc1OC. The van der Waals surface area contributed by atoms with E-state index in [4.69, 9.17) is 15.2 Å². The zero-order valence-electron chi connectivity index (χ0n) is 11.7. The van der Waals surface area contributed by atoms with E-state index in [0.29, 0.717) is 23.6 Å². The van der Waals surface area contributed by atoms with Crippen molar-refractivity contribution in [3.8, 4) is 11.5 Å². The Labute approximate surface area is 114 Å². The van der Waals surface area contributed by atoms with Gasteiger partial charge in [0.15, 0.2) is 0 Å². The highest BCUT2D eigenvalue weighted by atomic mass is 16.5. The predicted octanol–water partition coefficient (Wildman–Crippen LogP) is 1.56. The first-order valence-electron chi connectivity index (χ1n) is 6.39. The van der Waals surface area contributed by atoms with Gasteiger partial charge in [-0.15, -0.1) is 0 Å². The van der Waals surface area contributed by atoms with Crippen molar-refractivity contribution in [1.29, 1.82) is 0 Å². The lowest BCUT2D eigenvalue weighted by Crippen LogP contribution is -2.36. The highest BCUT2D eigenvalue weighted by Gasteiger charge is 2.20. The Bertz CT molecular complexity index is 399. The van der Waals surface area contributed by atoms with Crippen LogP contribution in [0.3, 0.4) is 0 Å². The van der Waals surface area contributed by atoms with Gasteiger partial charge in [0, 0.05) is 6.04 Å². The van der Waals surface area contributed by atoms with Crippen LogP contribution in [0.4, 0.5) is 0 Å². The average Bonchev–Trinajstić information content (AvgIpc) is 2.45. The second-order valence-corrected chi connectivity index (χ2v) is 4.19. The molecule has 0 aliphatic heterocycles. The van der Waals surface area contributed by atoms with Gasteiger partial charge in [-0.05, 0) is 31.5 Å². The van der Waals surface area contributed by atoms with Crippen LogP contribution in [0, 0.1) is 0 Å². The number of benzene rings is 1. The zero-order chi connectivity index (χ0) is 14.3. The zero-order valence-corrected chi connectivity index (χ0v) is 11.7. The molecule has 0 radical (unpaired) electrons. The Morgan fingerprint density at radius 1 is 1.32 bits per heavy atom. The second kappa shape index (κ2) is 7.63. The topological polar surface area (TPSA) is 73.6 Å². The lowest BCUT2D eigenvalue weighted by atomic mass is 10.1. The number of rotatable bonds is 7. The van der Waals surface area contributed by atoms with Crippen LogP contribution >= 0.6 is 0 Å². The first kappa shape index (κ1) is 15.3. The summed E-state index contributed by atoms with van der Waals surface area (Å²) in [4.78, 5) is 12.3. The molecule has 5 heteroatoms. The largest absolute Gasteiger partial charge is 0.496 e. The summed E-state index contributed by atoms with van der Waals surface area (Å²) < 4.78 is 10.4. The number of carbonyl (C=O) groups excluding carboxylic acids is 1. The van der Waals surface area contributed by atoms with Crippen molar-refractivity contribution >= 4 is 5.91 Å². The van der Waals surface area contributed by atoms with Crippen molar-refractivity contribution in [2.24, 2.45) is 5.73 Å². The molecule has 106 valence electrons. The lowest BCUT2D eigenvalue weighted by Gasteiger charge is -2.18. The fraction of sp³-hybridized carbons (Fsp3) is 0.500. The summed E-state index contributed by atoms with van der Waals surface area (Å²) in [5.41, 5.74) is 5.95. The Morgan fingerprint density at radius 3 is 2.32 bits per heavy atom. The highest BCUT2D eigenvalue weighted by Crippen LogP contribution is 2.28. The molecule has 0 heterocycles. The average molecular weight is 266 g/mol. The van der Waals surface area contributed by atoms with Crippen LogP contribution in [0.25, 0.3) is 0 Å². The minimum absolute atomic E-state index is 0.0621. The maximum atomic E-state index is 12.3. The first-order valence-corrected chi connectivity index (χ1v) is 6.39. The summed E-state index contributed by atoms with van der Waals surface area (Å²) in [7, 11) is 3.06. The molecule has 5 nitrogen and oxygen atoms in total. The standard InChI is InChI=1S/C14H22N2O3/c1-4-10(8-9-15)16-14(17)13-11(18-2)6-5-7-12(13)19-3/h5-7,10H,4,8-9,15H2,1-3H3,(H,16,17). The molecule has 1 rings (SSSR count). The van der Waals surface area contributed by atoms with Gasteiger partial charge in [0.2, 0.25) is 0 Å². The molecule has 0 fully saturated rings. The fourth-order valence-electron chi connectivity index (χ4n) is 1.91. The van der Waals surface area contributed by atoms with Gasteiger partial charge in [-0.3, -0.25) is 4.79 Å². The minimum atomic E-state index is -0.199. The summed E-state index contributed by atoms with van der Waals surface area (Å²) in [6.07, 6.45) is 1.58. The summed E-state index contributed by atoms with van der Waals surface area (Å²) in [5, 5.41) is 2.95. The van der Waals surface area contributed by atoms with Crippen LogP contribution in [0.15, 0.2) is 18.2 Å². The Balaban J connectivity index is 2.97. The van der Waals surface area contributed by atoms with Crippen LogP contribution in [-0.4, -0.2) is 32.7 Å². The van der Waals surface area contributed by atoms with E-state index >= 15 is 0 Å². The molecule has 1 atom stereocenters. The van der Waals surface area contributed by atoms with Crippen molar-refractivity contribution in [3.05, 3.63) is 23.8 Å². The molecule has 1 aromatic carbocycles. The van der Waals surface area contributed by atoms with E-state index in [0.717, 1.165) is 12.8 Å². The van der Waals surface area contributed by atoms with Gasteiger partial charge >= 0.3 is 0 Å². The molecule has 0 bridgehead atoms. The van der Waals surface area contributed by atoms with Gasteiger partial charge in [0.05, 0.1) is 14.2 Å². The van der Waals surface area contributed by atoms with Crippen molar-refractivity contribution in [3.63, 3.8) is 0 Å². The van der Waals surface area contributed by atoms with Crippen LogP contribution in [-0.2, 0) is 0 Å². The summed E-state index contributed by atoms with van der Waals surface area (Å²) in [6, 6.07) is 5.32. The van der Waals surface area contributed by atoms with Crippen molar-refractivity contribution in [2.75, 3.05) is 20.8 Å². The summed E-state index contributed by atoms with van der Waals surface area (Å²) in [5.74, 6) is 0.800. The van der Waals surface area contributed by atoms with Crippen LogP contribution < -0.4 is 20.5 Å². The highest BCUT2D eigenvalue weighted by molar-refractivity contribution is 5.99. The number of hydrogen-bond acceptors (Lipinski definition) is 4. The van der Waals surface area contributed by atoms with E-state index < -0.39 is 0 Å². The minimum Gasteiger partial charge on any atom is -0.496 e. The molecule has 1 unspecified atom stereocenters. The van der Waals surface area contributed by atoms with Gasteiger partial charge in [-0.1, -0.05) is 13.0 Å². The third-order valence-electron chi connectivity index (χ3n) is 3.00. The predicted molar refractivity (Wildman–Crippen MR) is 74.8 cm³/mol. The molecule has 0 saturated carbocycles. The Hall–Kier alpha value is -1.75. The van der Waals surface area contributed by atoms with E-state index in [1.807, 2.05) is 6.92 Å². The van der Waals surface area contributed by atoms with Crippen molar-refractivity contribution in [2.45, 2.75) is 25.8 Å². The van der Waals surface area contributed by atoms with Gasteiger partial charge in [-0.2, -0.15) is 0 Å². The number of ether oxygens (including phenoxy) is 2. The molecular weight excluding hydrogens is 244 g/mol. The number of nitrogens with two attached hydrogens (primary N) is 1. The molecule has 0 aliphatic rings. The molecule has 1 amide bonds. The van der Waals surface area contributed by atoms with Crippen molar-refractivity contribution < 1.29 is 14.3 Å². The normalized spacial score (nSPS) is 11.8. The fourth-order valence-corrected chi connectivity index (χ4v) is 1.91. The number of carbonyl (C=O) groups is 1. The molecule has 0 aromatic heterocycles. The molecule has 19 heavy (non-hydrogen) atoms. The van der Waals surface area contributed by atoms with Gasteiger partial charge < -0.3 is 20.5 Å². The molecule has 0 aliphatic carbocycles. The maximum absolute atomic E-state index is 12.3. The van der Waals surface area contributed by atoms with E-state index in [1.54, 1.807) is 18.2 Å². The van der Waals surface area contributed by atoms with E-state index in [9.17, 15) is 4.79 Å². The van der Waals surface area contributed by atoms with E-state index in [-0.39, 0.29) is 11.9 Å². The van der Waals surface area contributed by atoms with E-state index in [2.05, 4.69) is 5.32 Å². The molecule has 1 aromatic rings. The lowest BCUT2D eigenvalue weighted by molar-refractivity contribution is 0.0928. The summed E-state index contributed by atoms with van der Waals surface area (Å²) >= 11 is 0. The molecule has 0 saturated heterocycles. The molecule has 3 N–H and O–H groups in total. The number of hydrogen-bond donors (Lipinski definition) is 2. The van der Waals surface area contributed by atoms with Gasteiger partial charge in [0.25, 0.3) is 5.91 Å². The van der Waals surface area contributed by atoms with Crippen LogP contribution in [0.1, 0.15) is 30.1 Å². The third kappa shape index (κ3) is 3.86. The van der Waals surface area contributed by atoms with Gasteiger partial charge in [0.1, 0.15) is 17.1 Å². The van der Waals surface area contributed by atoms with Crippen LogP contribution in [0.2, 0.25) is 0 Å². The van der Waals surface area contributed by atoms with Crippen molar-refractivity contribution in [1.82, 2.24) is 5.32 Å². The quantitative estimate of drug-likeness (QED) is 0.785. The number of amides is 1.